The number of rotatable bonds is 4. The predicted molar refractivity (Wildman–Crippen MR) is 77.1 cm³/mol. The van der Waals surface area contributed by atoms with Crippen molar-refractivity contribution in [2.24, 2.45) is 5.84 Å². The lowest BCUT2D eigenvalue weighted by atomic mass is 10.00. The maximum atomic E-state index is 13.7. The number of hydrogen-bond donors (Lipinski definition) is 2. The van der Waals surface area contributed by atoms with Gasteiger partial charge in [0.1, 0.15) is 11.0 Å². The fourth-order valence-electron chi connectivity index (χ4n) is 1.83. The molecule has 1 unspecified atom stereocenters. The van der Waals surface area contributed by atoms with Gasteiger partial charge < -0.3 is 0 Å². The van der Waals surface area contributed by atoms with Crippen molar-refractivity contribution < 1.29 is 4.39 Å². The van der Waals surface area contributed by atoms with E-state index in [-0.39, 0.29) is 11.9 Å². The summed E-state index contributed by atoms with van der Waals surface area (Å²) in [6.45, 7) is 0. The molecule has 0 aliphatic rings. The first-order valence-electron chi connectivity index (χ1n) is 5.61. The highest BCUT2D eigenvalue weighted by Crippen LogP contribution is 2.23. The van der Waals surface area contributed by atoms with Gasteiger partial charge in [-0.25, -0.2) is 9.37 Å². The van der Waals surface area contributed by atoms with Crippen LogP contribution in [0.4, 0.5) is 4.39 Å². The van der Waals surface area contributed by atoms with E-state index in [2.05, 4.69) is 26.3 Å². The molecular weight excluding hydrogens is 333 g/mol. The Bertz CT molecular complexity index is 580. The molecule has 2 aromatic rings. The molecule has 2 rings (SSSR count). The Morgan fingerprint density at radius 1 is 1.37 bits per heavy atom. The zero-order chi connectivity index (χ0) is 13.8. The highest BCUT2D eigenvalue weighted by atomic mass is 79.9. The van der Waals surface area contributed by atoms with Gasteiger partial charge in [0.2, 0.25) is 0 Å². The molecule has 1 aromatic heterocycles. The number of hydrazine groups is 1. The van der Waals surface area contributed by atoms with Crippen molar-refractivity contribution in [2.75, 3.05) is 0 Å². The molecule has 0 amide bonds. The van der Waals surface area contributed by atoms with Crippen molar-refractivity contribution in [1.29, 1.82) is 0 Å². The Labute approximate surface area is 124 Å². The number of nitrogens with zero attached hydrogens (tertiary/aromatic N) is 1. The van der Waals surface area contributed by atoms with Gasteiger partial charge in [0.05, 0.1) is 6.04 Å². The normalized spacial score (nSPS) is 12.4. The summed E-state index contributed by atoms with van der Waals surface area (Å²) in [6, 6.07) is 8.10. The molecule has 0 saturated heterocycles. The molecule has 100 valence electrons. The third kappa shape index (κ3) is 3.73. The highest BCUT2D eigenvalue weighted by molar-refractivity contribution is 9.10. The van der Waals surface area contributed by atoms with Gasteiger partial charge in [0, 0.05) is 10.7 Å². The second-order valence-corrected chi connectivity index (χ2v) is 5.37. The molecule has 1 heterocycles. The van der Waals surface area contributed by atoms with E-state index in [1.807, 2.05) is 0 Å². The lowest BCUT2D eigenvalue weighted by molar-refractivity contribution is 0.528. The van der Waals surface area contributed by atoms with Gasteiger partial charge in [-0.2, -0.15) is 0 Å². The highest BCUT2D eigenvalue weighted by Gasteiger charge is 2.14. The maximum absolute atomic E-state index is 13.7. The van der Waals surface area contributed by atoms with Gasteiger partial charge in [-0.3, -0.25) is 11.3 Å². The molecule has 0 bridgehead atoms. The average Bonchev–Trinajstić information content (AvgIpc) is 2.39. The quantitative estimate of drug-likeness (QED) is 0.508. The largest absolute Gasteiger partial charge is 0.271 e. The Morgan fingerprint density at radius 2 is 2.16 bits per heavy atom. The van der Waals surface area contributed by atoms with Gasteiger partial charge in [0.25, 0.3) is 0 Å². The summed E-state index contributed by atoms with van der Waals surface area (Å²) in [7, 11) is 0. The minimum atomic E-state index is -0.261. The zero-order valence-corrected chi connectivity index (χ0v) is 12.2. The monoisotopic (exact) mass is 343 g/mol. The van der Waals surface area contributed by atoms with Crippen molar-refractivity contribution in [3.8, 4) is 0 Å². The van der Waals surface area contributed by atoms with Gasteiger partial charge in [0.15, 0.2) is 0 Å². The summed E-state index contributed by atoms with van der Waals surface area (Å²) in [5.74, 6) is 5.28. The molecule has 0 aliphatic carbocycles. The fraction of sp³-hybridized carbons (Fsp3) is 0.154. The van der Waals surface area contributed by atoms with Crippen LogP contribution < -0.4 is 11.3 Å². The molecule has 0 spiro atoms. The summed E-state index contributed by atoms with van der Waals surface area (Å²) < 4.78 is 14.6. The number of hydrogen-bond acceptors (Lipinski definition) is 3. The topological polar surface area (TPSA) is 50.9 Å². The van der Waals surface area contributed by atoms with Crippen LogP contribution in [0.25, 0.3) is 0 Å². The maximum Gasteiger partial charge on any atom is 0.129 e. The number of benzene rings is 1. The van der Waals surface area contributed by atoms with Gasteiger partial charge in [-0.1, -0.05) is 27.5 Å². The predicted octanol–water partition coefficient (Wildman–Crippen LogP) is 3.38. The SMILES string of the molecule is NNC(Cc1cc(Br)ccc1F)c1ccnc(Cl)c1. The van der Waals surface area contributed by atoms with Crippen molar-refractivity contribution in [3.05, 3.63) is 63.1 Å². The summed E-state index contributed by atoms with van der Waals surface area (Å²) in [5, 5.41) is 0.382. The summed E-state index contributed by atoms with van der Waals surface area (Å²) in [6.07, 6.45) is 2.02. The van der Waals surface area contributed by atoms with E-state index in [0.29, 0.717) is 17.1 Å². The third-order valence-electron chi connectivity index (χ3n) is 2.79. The third-order valence-corrected chi connectivity index (χ3v) is 3.49. The van der Waals surface area contributed by atoms with Crippen LogP contribution in [0.1, 0.15) is 17.2 Å². The molecule has 0 fully saturated rings. The van der Waals surface area contributed by atoms with Gasteiger partial charge in [-0.05, 0) is 47.9 Å². The number of aromatic nitrogens is 1. The van der Waals surface area contributed by atoms with Crippen molar-refractivity contribution in [2.45, 2.75) is 12.5 Å². The first-order chi connectivity index (χ1) is 9.10. The van der Waals surface area contributed by atoms with E-state index in [1.165, 1.54) is 6.07 Å². The average molecular weight is 345 g/mol. The van der Waals surface area contributed by atoms with Crippen LogP contribution in [0.3, 0.4) is 0 Å². The lowest BCUT2D eigenvalue weighted by Gasteiger charge is -2.17. The Morgan fingerprint density at radius 3 is 2.84 bits per heavy atom. The molecule has 3 N–H and O–H groups in total. The van der Waals surface area contributed by atoms with E-state index in [9.17, 15) is 4.39 Å². The minimum absolute atomic E-state index is 0.232. The Hall–Kier alpha value is -1.01. The van der Waals surface area contributed by atoms with Crippen LogP contribution in [0.2, 0.25) is 5.15 Å². The first kappa shape index (κ1) is 14.4. The molecule has 0 saturated carbocycles. The van der Waals surface area contributed by atoms with Crippen LogP contribution in [-0.2, 0) is 6.42 Å². The van der Waals surface area contributed by atoms with Crippen LogP contribution >= 0.6 is 27.5 Å². The van der Waals surface area contributed by atoms with Crippen molar-refractivity contribution in [1.82, 2.24) is 10.4 Å². The second kappa shape index (κ2) is 6.43. The number of halogens is 3. The zero-order valence-electron chi connectivity index (χ0n) is 9.91. The van der Waals surface area contributed by atoms with Crippen LogP contribution in [-0.4, -0.2) is 4.98 Å². The molecule has 6 heteroatoms. The van der Waals surface area contributed by atoms with Gasteiger partial charge in [-0.15, -0.1) is 0 Å². The first-order valence-corrected chi connectivity index (χ1v) is 6.78. The number of nitrogens with one attached hydrogen (secondary N) is 1. The molecule has 19 heavy (non-hydrogen) atoms. The summed E-state index contributed by atoms with van der Waals surface area (Å²) >= 11 is 9.17. The summed E-state index contributed by atoms with van der Waals surface area (Å²) in [5.41, 5.74) is 4.11. The van der Waals surface area contributed by atoms with E-state index in [1.54, 1.807) is 30.5 Å². The lowest BCUT2D eigenvalue weighted by Crippen LogP contribution is -2.29. The van der Waals surface area contributed by atoms with E-state index in [4.69, 9.17) is 17.4 Å². The van der Waals surface area contributed by atoms with Crippen molar-refractivity contribution in [3.63, 3.8) is 0 Å². The fourth-order valence-corrected chi connectivity index (χ4v) is 2.42. The molecule has 0 aliphatic heterocycles. The minimum Gasteiger partial charge on any atom is -0.271 e. The Balaban J connectivity index is 2.26. The molecule has 0 radical (unpaired) electrons. The van der Waals surface area contributed by atoms with Gasteiger partial charge >= 0.3 is 0 Å². The molecule has 3 nitrogen and oxygen atoms in total. The van der Waals surface area contributed by atoms with E-state index >= 15 is 0 Å². The molecule has 1 aromatic carbocycles. The summed E-state index contributed by atoms with van der Waals surface area (Å²) in [4.78, 5) is 3.91. The molecule has 1 atom stereocenters. The molecular formula is C13H12BrClFN3. The van der Waals surface area contributed by atoms with Crippen LogP contribution in [0.15, 0.2) is 41.0 Å². The standard InChI is InChI=1S/C13H12BrClFN3/c14-10-1-2-11(16)9(5-10)6-12(19-17)8-3-4-18-13(15)7-8/h1-5,7,12,19H,6,17H2. The van der Waals surface area contributed by atoms with Crippen LogP contribution in [0.5, 0.6) is 0 Å². The second-order valence-electron chi connectivity index (χ2n) is 4.07. The van der Waals surface area contributed by atoms with Crippen molar-refractivity contribution >= 4 is 27.5 Å². The Kier molecular flexibility index (Phi) is 4.87. The smallest absolute Gasteiger partial charge is 0.129 e. The van der Waals surface area contributed by atoms with E-state index in [0.717, 1.165) is 10.0 Å². The number of pyridine rings is 1. The van der Waals surface area contributed by atoms with Crippen LogP contribution in [0, 0.1) is 5.82 Å². The van der Waals surface area contributed by atoms with E-state index < -0.39 is 0 Å². The number of nitrogens with two attached hydrogens (primary N) is 1.